The standard InChI is InChI=1S/C23H33O10Si/c1-9-20(24)28-12-18(14-30-22(26)16(4)5)32-34(8,11-3)33-19(13-29-21(25)10-2)15-31-23(27)17(6)7/h9-10,18-19H,1-4,6,11-15H2,5,7-8H3. The van der Waals surface area contributed by atoms with Crippen molar-refractivity contribution in [2.75, 3.05) is 26.4 Å². The third-order valence-corrected chi connectivity index (χ3v) is 6.51. The Morgan fingerprint density at radius 2 is 1.06 bits per heavy atom. The van der Waals surface area contributed by atoms with Crippen molar-refractivity contribution < 1.29 is 47.0 Å². The summed E-state index contributed by atoms with van der Waals surface area (Å²) in [5.74, 6) is -2.69. The van der Waals surface area contributed by atoms with Crippen LogP contribution in [0.15, 0.2) is 49.6 Å². The second kappa shape index (κ2) is 15.7. The maximum atomic E-state index is 11.8. The number of carbonyl (C=O) groups excluding carboxylic acids is 4. The van der Waals surface area contributed by atoms with Crippen molar-refractivity contribution in [2.24, 2.45) is 0 Å². The van der Waals surface area contributed by atoms with Crippen molar-refractivity contribution in [1.82, 2.24) is 0 Å². The summed E-state index contributed by atoms with van der Waals surface area (Å²) < 4.78 is 32.4. The number of esters is 4. The van der Waals surface area contributed by atoms with Gasteiger partial charge >= 0.3 is 32.4 Å². The van der Waals surface area contributed by atoms with Crippen molar-refractivity contribution in [2.45, 2.75) is 38.6 Å². The highest BCUT2D eigenvalue weighted by Gasteiger charge is 2.37. The molecule has 0 saturated carbocycles. The fraction of sp³-hybridized carbons (Fsp3) is 0.435. The van der Waals surface area contributed by atoms with Gasteiger partial charge < -0.3 is 27.8 Å². The Kier molecular flexibility index (Phi) is 14.3. The summed E-state index contributed by atoms with van der Waals surface area (Å²) in [5.41, 5.74) is 0.359. The molecule has 0 N–H and O–H groups in total. The maximum absolute atomic E-state index is 11.8. The van der Waals surface area contributed by atoms with E-state index in [0.29, 0.717) is 0 Å². The lowest BCUT2D eigenvalue weighted by molar-refractivity contribution is -0.148. The van der Waals surface area contributed by atoms with Crippen LogP contribution in [-0.4, -0.2) is 71.1 Å². The lowest BCUT2D eigenvalue weighted by Crippen LogP contribution is -2.49. The molecular formula is C23H33O10Si. The summed E-state index contributed by atoms with van der Waals surface area (Å²) in [4.78, 5) is 46.6. The highest BCUT2D eigenvalue weighted by atomic mass is 28.4. The van der Waals surface area contributed by atoms with Gasteiger partial charge in [0.25, 0.3) is 0 Å². The highest BCUT2D eigenvalue weighted by molar-refractivity contribution is 6.66. The number of hydrogen-bond donors (Lipinski definition) is 0. The monoisotopic (exact) mass is 497 g/mol. The average Bonchev–Trinajstić information content (AvgIpc) is 2.81. The summed E-state index contributed by atoms with van der Waals surface area (Å²) in [7, 11) is -3.19. The van der Waals surface area contributed by atoms with Crippen LogP contribution in [0.4, 0.5) is 0 Å². The summed E-state index contributed by atoms with van der Waals surface area (Å²) in [5, 5.41) is 0. The minimum atomic E-state index is -3.19. The van der Waals surface area contributed by atoms with Gasteiger partial charge in [-0.15, -0.1) is 0 Å². The molecule has 0 bridgehead atoms. The van der Waals surface area contributed by atoms with Crippen molar-refractivity contribution in [1.29, 1.82) is 0 Å². The summed E-state index contributed by atoms with van der Waals surface area (Å²) in [6, 6.07) is 0.160. The van der Waals surface area contributed by atoms with E-state index in [2.05, 4.69) is 33.2 Å². The van der Waals surface area contributed by atoms with Gasteiger partial charge in [0.15, 0.2) is 0 Å². The van der Waals surface area contributed by atoms with E-state index in [4.69, 9.17) is 27.8 Å². The van der Waals surface area contributed by atoms with Crippen LogP contribution in [0, 0.1) is 6.92 Å². The van der Waals surface area contributed by atoms with Gasteiger partial charge in [0.05, 0.1) is 0 Å². The van der Waals surface area contributed by atoms with E-state index in [9.17, 15) is 19.2 Å². The third kappa shape index (κ3) is 12.9. The first-order valence-corrected chi connectivity index (χ1v) is 12.8. The normalized spacial score (nSPS) is 13.9. The van der Waals surface area contributed by atoms with Gasteiger partial charge in [0.1, 0.15) is 38.6 Å². The first kappa shape index (κ1) is 31.0. The molecule has 0 heterocycles. The lowest BCUT2D eigenvalue weighted by Gasteiger charge is -2.33. The van der Waals surface area contributed by atoms with Gasteiger partial charge in [-0.1, -0.05) is 33.2 Å². The van der Waals surface area contributed by atoms with Gasteiger partial charge in [0.2, 0.25) is 0 Å². The molecule has 11 heteroatoms. The van der Waals surface area contributed by atoms with Gasteiger partial charge in [-0.2, -0.15) is 0 Å². The van der Waals surface area contributed by atoms with Crippen LogP contribution >= 0.6 is 0 Å². The van der Waals surface area contributed by atoms with Gasteiger partial charge in [0, 0.05) is 23.3 Å². The molecule has 0 amide bonds. The van der Waals surface area contributed by atoms with Crippen LogP contribution in [-0.2, 0) is 47.0 Å². The number of carbonyl (C=O) groups is 4. The van der Waals surface area contributed by atoms with Crippen LogP contribution in [0.3, 0.4) is 0 Å². The molecule has 0 fully saturated rings. The van der Waals surface area contributed by atoms with E-state index in [1.165, 1.54) is 13.8 Å². The minimum Gasteiger partial charge on any atom is -0.460 e. The Hall–Kier alpha value is -3.02. The number of ether oxygens (including phenoxy) is 4. The second-order valence-corrected chi connectivity index (χ2v) is 10.5. The molecule has 189 valence electrons. The Balaban J connectivity index is 5.51. The average molecular weight is 498 g/mol. The van der Waals surface area contributed by atoms with E-state index in [1.807, 2.05) is 0 Å². The van der Waals surface area contributed by atoms with Gasteiger partial charge in [-0.05, 0) is 26.4 Å². The summed E-state index contributed by atoms with van der Waals surface area (Å²) >= 11 is 0. The van der Waals surface area contributed by atoms with Crippen LogP contribution < -0.4 is 0 Å². The van der Waals surface area contributed by atoms with E-state index < -0.39 is 44.6 Å². The Morgan fingerprint density at radius 3 is 1.32 bits per heavy atom. The topological polar surface area (TPSA) is 124 Å². The molecule has 0 saturated heterocycles. The van der Waals surface area contributed by atoms with Crippen LogP contribution in [0.2, 0.25) is 12.6 Å². The first-order chi connectivity index (χ1) is 15.9. The Bertz CT molecular complexity index is 729. The minimum absolute atomic E-state index is 0.160. The fourth-order valence-electron chi connectivity index (χ4n) is 2.13. The molecule has 2 unspecified atom stereocenters. The number of rotatable bonds is 17. The molecule has 2 atom stereocenters. The predicted molar refractivity (Wildman–Crippen MR) is 125 cm³/mol. The van der Waals surface area contributed by atoms with E-state index in [1.54, 1.807) is 6.55 Å². The molecule has 0 aliphatic carbocycles. The molecule has 0 aromatic rings. The molecule has 10 nitrogen and oxygen atoms in total. The quantitative estimate of drug-likeness (QED) is 0.128. The van der Waals surface area contributed by atoms with Crippen molar-refractivity contribution in [3.63, 3.8) is 0 Å². The lowest BCUT2D eigenvalue weighted by atomic mass is 10.3. The zero-order valence-electron chi connectivity index (χ0n) is 20.0. The maximum Gasteiger partial charge on any atom is 0.335 e. The zero-order valence-corrected chi connectivity index (χ0v) is 21.0. The summed E-state index contributed by atoms with van der Waals surface area (Å²) in [6.45, 7) is 21.1. The van der Waals surface area contributed by atoms with Crippen molar-refractivity contribution >= 4 is 32.4 Å². The van der Waals surface area contributed by atoms with Crippen molar-refractivity contribution in [3.8, 4) is 0 Å². The van der Waals surface area contributed by atoms with E-state index in [-0.39, 0.29) is 43.6 Å². The predicted octanol–water partition coefficient (Wildman–Crippen LogP) is 2.36. The van der Waals surface area contributed by atoms with Crippen LogP contribution in [0.5, 0.6) is 0 Å². The van der Waals surface area contributed by atoms with E-state index >= 15 is 0 Å². The zero-order chi connectivity index (χ0) is 26.3. The SMILES string of the molecule is [CH2]C[Si](C)(OC(COC(=O)C=C)COC(=O)C(=C)C)OC(COC(=O)C=C)COC(=O)C(=C)C. The molecule has 34 heavy (non-hydrogen) atoms. The molecule has 0 aromatic carbocycles. The smallest absolute Gasteiger partial charge is 0.335 e. The molecule has 0 spiro atoms. The second-order valence-electron chi connectivity index (χ2n) is 7.29. The summed E-state index contributed by atoms with van der Waals surface area (Å²) in [6.07, 6.45) is 0.150. The molecular weight excluding hydrogens is 464 g/mol. The van der Waals surface area contributed by atoms with Crippen LogP contribution in [0.1, 0.15) is 13.8 Å². The number of hydrogen-bond acceptors (Lipinski definition) is 10. The molecule has 0 aliphatic rings. The van der Waals surface area contributed by atoms with E-state index in [0.717, 1.165) is 12.2 Å². The first-order valence-electron chi connectivity index (χ1n) is 10.3. The van der Waals surface area contributed by atoms with Gasteiger partial charge in [-0.3, -0.25) is 0 Å². The molecule has 0 rings (SSSR count). The van der Waals surface area contributed by atoms with Crippen molar-refractivity contribution in [3.05, 3.63) is 56.5 Å². The highest BCUT2D eigenvalue weighted by Crippen LogP contribution is 2.19. The molecule has 1 radical (unpaired) electrons. The Labute approximate surface area is 201 Å². The largest absolute Gasteiger partial charge is 0.460 e. The third-order valence-electron chi connectivity index (χ3n) is 3.94. The van der Waals surface area contributed by atoms with Crippen LogP contribution in [0.25, 0.3) is 0 Å². The Morgan fingerprint density at radius 1 is 0.735 bits per heavy atom. The van der Waals surface area contributed by atoms with Gasteiger partial charge in [-0.25, -0.2) is 19.2 Å². The molecule has 0 aliphatic heterocycles. The fourth-order valence-corrected chi connectivity index (χ4v) is 4.11. The molecule has 0 aromatic heterocycles.